The molecule has 90 valence electrons. The minimum atomic E-state index is 0.0345. The highest BCUT2D eigenvalue weighted by atomic mass is 35.5. The smallest absolute Gasteiger partial charge is 0.187 e. The van der Waals surface area contributed by atoms with Gasteiger partial charge in [0.2, 0.25) is 0 Å². The van der Waals surface area contributed by atoms with Gasteiger partial charge < -0.3 is 4.90 Å². The molecule has 0 aromatic heterocycles. The van der Waals surface area contributed by atoms with Crippen LogP contribution in [-0.4, -0.2) is 23.8 Å². The number of ketones is 1. The van der Waals surface area contributed by atoms with Crippen LogP contribution in [0.3, 0.4) is 0 Å². The van der Waals surface area contributed by atoms with Crippen LogP contribution in [0, 0.1) is 0 Å². The van der Waals surface area contributed by atoms with Gasteiger partial charge in [0.25, 0.3) is 0 Å². The maximum atomic E-state index is 11.8. The summed E-state index contributed by atoms with van der Waals surface area (Å²) in [5.74, 6) is 0.0345. The van der Waals surface area contributed by atoms with Crippen molar-refractivity contribution < 1.29 is 4.79 Å². The summed E-state index contributed by atoms with van der Waals surface area (Å²) in [5.41, 5.74) is 0.683. The van der Waals surface area contributed by atoms with Gasteiger partial charge in [-0.05, 0) is 43.5 Å². The van der Waals surface area contributed by atoms with E-state index in [9.17, 15) is 4.79 Å². The van der Waals surface area contributed by atoms with Crippen molar-refractivity contribution in [1.82, 2.24) is 4.90 Å². The SMILES string of the molecule is O=C(/C=C/N1CCCCC1)c1ccc(Cl)cc1. The summed E-state index contributed by atoms with van der Waals surface area (Å²) in [6.45, 7) is 2.12. The molecule has 1 aromatic rings. The summed E-state index contributed by atoms with van der Waals surface area (Å²) in [6.07, 6.45) is 7.30. The Kier molecular flexibility index (Phi) is 4.21. The molecule has 2 rings (SSSR count). The minimum Gasteiger partial charge on any atom is -0.377 e. The molecule has 1 fully saturated rings. The van der Waals surface area contributed by atoms with E-state index in [2.05, 4.69) is 4.90 Å². The Morgan fingerprint density at radius 3 is 2.41 bits per heavy atom. The van der Waals surface area contributed by atoms with E-state index in [0.29, 0.717) is 10.6 Å². The van der Waals surface area contributed by atoms with Crippen molar-refractivity contribution in [2.24, 2.45) is 0 Å². The first-order valence-corrected chi connectivity index (χ1v) is 6.36. The van der Waals surface area contributed by atoms with Crippen LogP contribution in [-0.2, 0) is 0 Å². The maximum Gasteiger partial charge on any atom is 0.187 e. The lowest BCUT2D eigenvalue weighted by molar-refractivity contribution is 0.104. The molecule has 1 saturated heterocycles. The molecular formula is C14H16ClNO. The molecule has 1 heterocycles. The van der Waals surface area contributed by atoms with Gasteiger partial charge in [0.1, 0.15) is 0 Å². The molecule has 0 bridgehead atoms. The van der Waals surface area contributed by atoms with E-state index in [1.165, 1.54) is 19.3 Å². The van der Waals surface area contributed by atoms with Crippen LogP contribution in [0.2, 0.25) is 5.02 Å². The number of allylic oxidation sites excluding steroid dienone is 1. The quantitative estimate of drug-likeness (QED) is 0.603. The topological polar surface area (TPSA) is 20.3 Å². The molecule has 1 aromatic carbocycles. The van der Waals surface area contributed by atoms with E-state index in [1.54, 1.807) is 30.3 Å². The molecule has 1 aliphatic heterocycles. The number of carbonyl (C=O) groups is 1. The van der Waals surface area contributed by atoms with Gasteiger partial charge >= 0.3 is 0 Å². The zero-order chi connectivity index (χ0) is 12.1. The largest absolute Gasteiger partial charge is 0.377 e. The van der Waals surface area contributed by atoms with E-state index < -0.39 is 0 Å². The fourth-order valence-corrected chi connectivity index (χ4v) is 2.08. The minimum absolute atomic E-state index is 0.0345. The van der Waals surface area contributed by atoms with E-state index in [4.69, 9.17) is 11.6 Å². The number of hydrogen-bond donors (Lipinski definition) is 0. The number of piperidine rings is 1. The second-order valence-corrected chi connectivity index (χ2v) is 4.72. The monoisotopic (exact) mass is 249 g/mol. The lowest BCUT2D eigenvalue weighted by Crippen LogP contribution is -2.24. The molecule has 3 heteroatoms. The van der Waals surface area contributed by atoms with Crippen molar-refractivity contribution in [2.75, 3.05) is 13.1 Å². The van der Waals surface area contributed by atoms with Gasteiger partial charge in [-0.3, -0.25) is 4.79 Å². The summed E-state index contributed by atoms with van der Waals surface area (Å²) in [7, 11) is 0. The number of carbonyl (C=O) groups excluding carboxylic acids is 1. The maximum absolute atomic E-state index is 11.8. The van der Waals surface area contributed by atoms with Crippen LogP contribution in [0.5, 0.6) is 0 Å². The second-order valence-electron chi connectivity index (χ2n) is 4.28. The summed E-state index contributed by atoms with van der Waals surface area (Å²) < 4.78 is 0. The Labute approximate surface area is 107 Å². The van der Waals surface area contributed by atoms with E-state index in [1.807, 2.05) is 6.20 Å². The Bertz CT molecular complexity index is 405. The molecule has 0 aliphatic carbocycles. The normalized spacial score (nSPS) is 16.4. The molecule has 0 N–H and O–H groups in total. The number of nitrogens with zero attached hydrogens (tertiary/aromatic N) is 1. The highest BCUT2D eigenvalue weighted by Gasteiger charge is 2.06. The second kappa shape index (κ2) is 5.87. The van der Waals surface area contributed by atoms with E-state index in [-0.39, 0.29) is 5.78 Å². The number of likely N-dealkylation sites (tertiary alicyclic amines) is 1. The fourth-order valence-electron chi connectivity index (χ4n) is 1.95. The highest BCUT2D eigenvalue weighted by Crippen LogP contribution is 2.12. The van der Waals surface area contributed by atoms with Crippen LogP contribution in [0.1, 0.15) is 29.6 Å². The summed E-state index contributed by atoms with van der Waals surface area (Å²) in [4.78, 5) is 14.0. The average molecular weight is 250 g/mol. The molecule has 17 heavy (non-hydrogen) atoms. The fraction of sp³-hybridized carbons (Fsp3) is 0.357. The lowest BCUT2D eigenvalue weighted by atomic mass is 10.1. The standard InChI is InChI=1S/C14H16ClNO/c15-13-6-4-12(5-7-13)14(17)8-11-16-9-2-1-3-10-16/h4-8,11H,1-3,9-10H2/b11-8+. The first kappa shape index (κ1) is 12.2. The molecule has 0 saturated carbocycles. The molecule has 0 radical (unpaired) electrons. The average Bonchev–Trinajstić information content (AvgIpc) is 2.38. The third-order valence-corrected chi connectivity index (χ3v) is 3.21. The van der Waals surface area contributed by atoms with Crippen LogP contribution < -0.4 is 0 Å². The van der Waals surface area contributed by atoms with E-state index >= 15 is 0 Å². The van der Waals surface area contributed by atoms with E-state index in [0.717, 1.165) is 13.1 Å². The van der Waals surface area contributed by atoms with Crippen LogP contribution >= 0.6 is 11.6 Å². The van der Waals surface area contributed by atoms with Crippen LogP contribution in [0.4, 0.5) is 0 Å². The van der Waals surface area contributed by atoms with Gasteiger partial charge in [-0.2, -0.15) is 0 Å². The van der Waals surface area contributed by atoms with Crippen molar-refractivity contribution in [3.8, 4) is 0 Å². The summed E-state index contributed by atoms with van der Waals surface area (Å²) in [6, 6.07) is 6.99. The first-order valence-electron chi connectivity index (χ1n) is 5.98. The third-order valence-electron chi connectivity index (χ3n) is 2.96. The van der Waals surface area contributed by atoms with Gasteiger partial charge in [0.05, 0.1) is 0 Å². The van der Waals surface area contributed by atoms with Crippen LogP contribution in [0.15, 0.2) is 36.5 Å². The molecule has 2 nitrogen and oxygen atoms in total. The van der Waals surface area contributed by atoms with Crippen molar-refractivity contribution in [3.63, 3.8) is 0 Å². The summed E-state index contributed by atoms with van der Waals surface area (Å²) in [5, 5.41) is 0.654. The van der Waals surface area contributed by atoms with Gasteiger partial charge in [-0.1, -0.05) is 11.6 Å². The molecule has 0 amide bonds. The lowest BCUT2D eigenvalue weighted by Gasteiger charge is -2.24. The van der Waals surface area contributed by atoms with Crippen molar-refractivity contribution >= 4 is 17.4 Å². The third kappa shape index (κ3) is 3.60. The number of hydrogen-bond acceptors (Lipinski definition) is 2. The summed E-state index contributed by atoms with van der Waals surface area (Å²) >= 11 is 5.78. The Balaban J connectivity index is 1.96. The first-order chi connectivity index (χ1) is 8.25. The van der Waals surface area contributed by atoms with Crippen LogP contribution in [0.25, 0.3) is 0 Å². The Morgan fingerprint density at radius 1 is 1.12 bits per heavy atom. The van der Waals surface area contributed by atoms with Gasteiger partial charge in [0, 0.05) is 36.0 Å². The molecule has 0 unspecified atom stereocenters. The van der Waals surface area contributed by atoms with Gasteiger partial charge in [-0.15, -0.1) is 0 Å². The van der Waals surface area contributed by atoms with Crippen molar-refractivity contribution in [3.05, 3.63) is 47.1 Å². The highest BCUT2D eigenvalue weighted by molar-refractivity contribution is 6.30. The molecular weight excluding hydrogens is 234 g/mol. The predicted molar refractivity (Wildman–Crippen MR) is 70.3 cm³/mol. The number of rotatable bonds is 3. The van der Waals surface area contributed by atoms with Gasteiger partial charge in [0.15, 0.2) is 5.78 Å². The predicted octanol–water partition coefficient (Wildman–Crippen LogP) is 3.52. The van der Waals surface area contributed by atoms with Crippen molar-refractivity contribution in [1.29, 1.82) is 0 Å². The number of halogens is 1. The molecule has 0 spiro atoms. The molecule has 1 aliphatic rings. The number of benzene rings is 1. The Morgan fingerprint density at radius 2 is 1.76 bits per heavy atom. The Hall–Kier alpha value is -1.28. The van der Waals surface area contributed by atoms with Gasteiger partial charge in [-0.25, -0.2) is 0 Å². The molecule has 0 atom stereocenters. The van der Waals surface area contributed by atoms with Crippen molar-refractivity contribution in [2.45, 2.75) is 19.3 Å². The zero-order valence-corrected chi connectivity index (χ0v) is 10.5. The zero-order valence-electron chi connectivity index (χ0n) is 9.73.